The molecule has 1 saturated heterocycles. The van der Waals surface area contributed by atoms with Gasteiger partial charge in [-0.1, -0.05) is 42.5 Å². The molecule has 0 spiro atoms. The number of hydrogen-bond donors (Lipinski definition) is 2. The van der Waals surface area contributed by atoms with Gasteiger partial charge in [-0.2, -0.15) is 0 Å². The molecule has 108 valence electrons. The van der Waals surface area contributed by atoms with Gasteiger partial charge in [0, 0.05) is 19.1 Å². The van der Waals surface area contributed by atoms with E-state index in [0.717, 1.165) is 18.6 Å². The summed E-state index contributed by atoms with van der Waals surface area (Å²) >= 11 is 5.04. The van der Waals surface area contributed by atoms with Crippen LogP contribution in [0.2, 0.25) is 0 Å². The first-order valence-electron chi connectivity index (χ1n) is 6.83. The normalized spacial score (nSPS) is 23.2. The van der Waals surface area contributed by atoms with E-state index < -0.39 is 5.92 Å². The molecule has 1 heterocycles. The van der Waals surface area contributed by atoms with Crippen LogP contribution < -0.4 is 11.1 Å². The summed E-state index contributed by atoms with van der Waals surface area (Å²) in [6, 6.07) is 9.38. The highest BCUT2D eigenvalue weighted by molar-refractivity contribution is 7.80. The largest absolute Gasteiger partial charge is 0.392 e. The van der Waals surface area contributed by atoms with Gasteiger partial charge in [-0.3, -0.25) is 4.79 Å². The lowest BCUT2D eigenvalue weighted by atomic mass is 9.97. The number of thiocarbonyl (C=S) groups is 1. The van der Waals surface area contributed by atoms with Gasteiger partial charge in [-0.25, -0.2) is 0 Å². The average Bonchev–Trinajstić information content (AvgIpc) is 2.83. The third kappa shape index (κ3) is 3.55. The van der Waals surface area contributed by atoms with Crippen LogP contribution in [0.25, 0.3) is 0 Å². The topological polar surface area (TPSA) is 64.3 Å². The number of hydrogen-bond acceptors (Lipinski definition) is 3. The van der Waals surface area contributed by atoms with E-state index >= 15 is 0 Å². The van der Waals surface area contributed by atoms with Crippen molar-refractivity contribution in [3.05, 3.63) is 35.9 Å². The second kappa shape index (κ2) is 6.81. The molecule has 0 aromatic heterocycles. The Labute approximate surface area is 124 Å². The van der Waals surface area contributed by atoms with Crippen LogP contribution in [0.5, 0.6) is 0 Å². The Morgan fingerprint density at radius 1 is 1.50 bits per heavy atom. The molecule has 3 N–H and O–H groups in total. The number of carbonyl (C=O) groups is 1. The van der Waals surface area contributed by atoms with E-state index in [9.17, 15) is 4.79 Å². The van der Waals surface area contributed by atoms with Crippen molar-refractivity contribution in [3.8, 4) is 0 Å². The van der Waals surface area contributed by atoms with E-state index in [-0.39, 0.29) is 17.0 Å². The lowest BCUT2D eigenvalue weighted by Gasteiger charge is -2.19. The molecule has 1 fully saturated rings. The number of amides is 1. The summed E-state index contributed by atoms with van der Waals surface area (Å²) in [5, 5.41) is 2.95. The van der Waals surface area contributed by atoms with E-state index in [1.165, 1.54) is 0 Å². The molecule has 5 heteroatoms. The van der Waals surface area contributed by atoms with E-state index in [1.54, 1.807) is 0 Å². The van der Waals surface area contributed by atoms with Crippen LogP contribution in [0.4, 0.5) is 0 Å². The van der Waals surface area contributed by atoms with Gasteiger partial charge in [-0.05, 0) is 18.9 Å². The first-order chi connectivity index (χ1) is 9.59. The molecule has 3 atom stereocenters. The lowest BCUT2D eigenvalue weighted by Crippen LogP contribution is -2.39. The van der Waals surface area contributed by atoms with Gasteiger partial charge < -0.3 is 15.8 Å². The van der Waals surface area contributed by atoms with Crippen molar-refractivity contribution in [1.82, 2.24) is 5.32 Å². The number of nitrogens with two attached hydrogens (primary N) is 1. The van der Waals surface area contributed by atoms with Crippen molar-refractivity contribution in [2.24, 2.45) is 11.7 Å². The van der Waals surface area contributed by atoms with Crippen molar-refractivity contribution < 1.29 is 9.53 Å². The van der Waals surface area contributed by atoms with Crippen molar-refractivity contribution in [2.75, 3.05) is 13.2 Å². The number of ether oxygens (including phenoxy) is 1. The Morgan fingerprint density at radius 2 is 2.20 bits per heavy atom. The molecule has 1 aromatic rings. The Hall–Kier alpha value is -1.46. The molecule has 1 aliphatic rings. The summed E-state index contributed by atoms with van der Waals surface area (Å²) in [6.07, 6.45) is 1.17. The Balaban J connectivity index is 1.99. The van der Waals surface area contributed by atoms with Gasteiger partial charge in [0.25, 0.3) is 0 Å². The van der Waals surface area contributed by atoms with E-state index in [4.69, 9.17) is 22.7 Å². The molecule has 1 amide bonds. The molecular formula is C15H20N2O2S. The Bertz CT molecular complexity index is 478. The predicted octanol–water partition coefficient (Wildman–Crippen LogP) is 1.60. The minimum absolute atomic E-state index is 0.136. The van der Waals surface area contributed by atoms with Crippen LogP contribution in [0, 0.1) is 5.92 Å². The van der Waals surface area contributed by atoms with Gasteiger partial charge in [0.05, 0.1) is 11.1 Å². The summed E-state index contributed by atoms with van der Waals surface area (Å²) in [4.78, 5) is 12.5. The van der Waals surface area contributed by atoms with Crippen LogP contribution in [0.1, 0.15) is 24.8 Å². The second-order valence-electron chi connectivity index (χ2n) is 5.12. The summed E-state index contributed by atoms with van der Waals surface area (Å²) < 4.78 is 5.49. The first kappa shape index (κ1) is 14.9. The molecule has 0 saturated carbocycles. The third-order valence-electron chi connectivity index (χ3n) is 3.75. The maximum Gasteiger partial charge on any atom is 0.234 e. The molecule has 1 aromatic carbocycles. The highest BCUT2D eigenvalue weighted by Gasteiger charge is 2.27. The Kier molecular flexibility index (Phi) is 5.09. The minimum atomic E-state index is -0.566. The maximum absolute atomic E-state index is 12.3. The zero-order valence-electron chi connectivity index (χ0n) is 11.5. The highest BCUT2D eigenvalue weighted by Crippen LogP contribution is 2.20. The molecular weight excluding hydrogens is 272 g/mol. The highest BCUT2D eigenvalue weighted by atomic mass is 32.1. The Morgan fingerprint density at radius 3 is 2.75 bits per heavy atom. The monoisotopic (exact) mass is 292 g/mol. The number of benzene rings is 1. The van der Waals surface area contributed by atoms with Crippen molar-refractivity contribution in [2.45, 2.75) is 25.4 Å². The number of rotatable bonds is 5. The van der Waals surface area contributed by atoms with Crippen LogP contribution in [-0.2, 0) is 9.53 Å². The summed E-state index contributed by atoms with van der Waals surface area (Å²) in [5.74, 6) is -0.339. The molecule has 2 rings (SSSR count). The molecule has 0 bridgehead atoms. The van der Waals surface area contributed by atoms with E-state index in [0.29, 0.717) is 12.5 Å². The van der Waals surface area contributed by atoms with Gasteiger partial charge in [0.1, 0.15) is 5.92 Å². The lowest BCUT2D eigenvalue weighted by molar-refractivity contribution is -0.121. The van der Waals surface area contributed by atoms with Crippen LogP contribution in [0.15, 0.2) is 30.3 Å². The average molecular weight is 292 g/mol. The predicted molar refractivity (Wildman–Crippen MR) is 82.5 cm³/mol. The SMILES string of the molecule is CC1OCCC1CNC(=O)C(C(N)=S)c1ccccc1. The van der Waals surface area contributed by atoms with Gasteiger partial charge in [-0.15, -0.1) is 0 Å². The molecule has 20 heavy (non-hydrogen) atoms. The molecule has 3 unspecified atom stereocenters. The van der Waals surface area contributed by atoms with Gasteiger partial charge in [0.15, 0.2) is 0 Å². The third-order valence-corrected chi connectivity index (χ3v) is 3.99. The minimum Gasteiger partial charge on any atom is -0.392 e. The molecule has 0 aliphatic carbocycles. The van der Waals surface area contributed by atoms with E-state index in [1.807, 2.05) is 37.3 Å². The smallest absolute Gasteiger partial charge is 0.234 e. The fourth-order valence-electron chi connectivity index (χ4n) is 2.47. The molecule has 1 aliphatic heterocycles. The zero-order valence-corrected chi connectivity index (χ0v) is 12.4. The van der Waals surface area contributed by atoms with Crippen LogP contribution >= 0.6 is 12.2 Å². The number of nitrogens with one attached hydrogen (secondary N) is 1. The van der Waals surface area contributed by atoms with Crippen molar-refractivity contribution >= 4 is 23.1 Å². The van der Waals surface area contributed by atoms with E-state index in [2.05, 4.69) is 5.32 Å². The van der Waals surface area contributed by atoms with Crippen LogP contribution in [-0.4, -0.2) is 30.2 Å². The number of carbonyl (C=O) groups excluding carboxylic acids is 1. The standard InChI is InChI=1S/C15H20N2O2S/c1-10-12(7-8-19-10)9-17-15(18)13(14(16)20)11-5-3-2-4-6-11/h2-6,10,12-13H,7-9H2,1H3,(H2,16,20)(H,17,18). The van der Waals surface area contributed by atoms with Gasteiger partial charge in [0.2, 0.25) is 5.91 Å². The summed E-state index contributed by atoms with van der Waals surface area (Å²) in [5.41, 5.74) is 6.55. The van der Waals surface area contributed by atoms with Crippen LogP contribution in [0.3, 0.4) is 0 Å². The van der Waals surface area contributed by atoms with Crippen molar-refractivity contribution in [3.63, 3.8) is 0 Å². The fraction of sp³-hybridized carbons (Fsp3) is 0.467. The summed E-state index contributed by atoms with van der Waals surface area (Å²) in [6.45, 7) is 3.40. The zero-order chi connectivity index (χ0) is 14.5. The van der Waals surface area contributed by atoms with Crippen molar-refractivity contribution in [1.29, 1.82) is 0 Å². The first-order valence-corrected chi connectivity index (χ1v) is 7.24. The second-order valence-corrected chi connectivity index (χ2v) is 5.59. The quantitative estimate of drug-likeness (QED) is 0.809. The van der Waals surface area contributed by atoms with Gasteiger partial charge >= 0.3 is 0 Å². The molecule has 4 nitrogen and oxygen atoms in total. The molecule has 0 radical (unpaired) electrons. The fourth-order valence-corrected chi connectivity index (χ4v) is 2.71. The maximum atomic E-state index is 12.3. The summed E-state index contributed by atoms with van der Waals surface area (Å²) in [7, 11) is 0.